The van der Waals surface area contributed by atoms with Crippen LogP contribution in [0.3, 0.4) is 0 Å². The highest BCUT2D eigenvalue weighted by Gasteiger charge is 2.34. The van der Waals surface area contributed by atoms with Gasteiger partial charge < -0.3 is 10.3 Å². The fourth-order valence-corrected chi connectivity index (χ4v) is 2.38. The van der Waals surface area contributed by atoms with Crippen molar-refractivity contribution in [2.24, 2.45) is 5.41 Å². The number of nitrogens with zero attached hydrogens (tertiary/aromatic N) is 1. The minimum atomic E-state index is -0.0708. The lowest BCUT2D eigenvalue weighted by Crippen LogP contribution is -2.36. The average Bonchev–Trinajstić information content (AvgIpc) is 2.27. The van der Waals surface area contributed by atoms with Gasteiger partial charge in [-0.1, -0.05) is 20.3 Å². The first-order valence-corrected chi connectivity index (χ1v) is 6.51. The quantitative estimate of drug-likeness (QED) is 0.823. The molecule has 2 N–H and O–H groups in total. The van der Waals surface area contributed by atoms with Crippen LogP contribution in [0, 0.1) is 5.41 Å². The molecule has 0 radical (unpaired) electrons. The molecule has 0 aliphatic heterocycles. The summed E-state index contributed by atoms with van der Waals surface area (Å²) >= 11 is 0. The third kappa shape index (κ3) is 2.68. The molecule has 0 amide bonds. The second-order valence-corrected chi connectivity index (χ2v) is 4.99. The number of anilines is 1. The Bertz CT molecular complexity index is 429. The third-order valence-electron chi connectivity index (χ3n) is 3.93. The van der Waals surface area contributed by atoms with Crippen LogP contribution >= 0.6 is 0 Å². The summed E-state index contributed by atoms with van der Waals surface area (Å²) in [4.78, 5) is 18.5. The third-order valence-corrected chi connectivity index (χ3v) is 3.93. The fourth-order valence-electron chi connectivity index (χ4n) is 2.38. The van der Waals surface area contributed by atoms with Gasteiger partial charge in [0.05, 0.1) is 0 Å². The molecule has 1 fully saturated rings. The summed E-state index contributed by atoms with van der Waals surface area (Å²) in [5.41, 5.74) is 0.370. The largest absolute Gasteiger partial charge is 0.369 e. The summed E-state index contributed by atoms with van der Waals surface area (Å²) in [6.07, 6.45) is 5.87. The Kier molecular flexibility index (Phi) is 3.50. The molecule has 94 valence electrons. The summed E-state index contributed by atoms with van der Waals surface area (Å²) < 4.78 is 0. The number of aryl methyl sites for hydroxylation is 1. The Morgan fingerprint density at radius 1 is 1.47 bits per heavy atom. The van der Waals surface area contributed by atoms with Gasteiger partial charge in [0.2, 0.25) is 0 Å². The lowest BCUT2D eigenvalue weighted by Gasteiger charge is -2.41. The highest BCUT2D eigenvalue weighted by molar-refractivity contribution is 5.33. The topological polar surface area (TPSA) is 57.8 Å². The van der Waals surface area contributed by atoms with Gasteiger partial charge in [0.25, 0.3) is 5.56 Å². The Labute approximate surface area is 102 Å². The molecule has 1 aromatic rings. The standard InChI is InChI=1S/C13H21N3O/c1-3-10-15-11(8-12(17)16-10)14-9-13(4-2)6-5-7-13/h8H,3-7,9H2,1-2H3,(H2,14,15,16,17). The predicted octanol–water partition coefficient (Wildman–Crippen LogP) is 2.32. The molecule has 0 atom stereocenters. The van der Waals surface area contributed by atoms with Crippen LogP contribution in [0.2, 0.25) is 0 Å². The first-order chi connectivity index (χ1) is 8.17. The Morgan fingerprint density at radius 3 is 2.76 bits per heavy atom. The first-order valence-electron chi connectivity index (χ1n) is 6.51. The number of hydrogen-bond acceptors (Lipinski definition) is 3. The van der Waals surface area contributed by atoms with E-state index in [2.05, 4.69) is 22.2 Å². The molecule has 1 aromatic heterocycles. The van der Waals surface area contributed by atoms with E-state index in [9.17, 15) is 4.79 Å². The highest BCUT2D eigenvalue weighted by Crippen LogP contribution is 2.43. The van der Waals surface area contributed by atoms with Crippen molar-refractivity contribution in [1.29, 1.82) is 0 Å². The van der Waals surface area contributed by atoms with Crippen molar-refractivity contribution in [2.75, 3.05) is 11.9 Å². The van der Waals surface area contributed by atoms with Crippen LogP contribution in [-0.2, 0) is 6.42 Å². The molecular weight excluding hydrogens is 214 g/mol. The second-order valence-electron chi connectivity index (χ2n) is 4.99. The molecule has 0 unspecified atom stereocenters. The van der Waals surface area contributed by atoms with Gasteiger partial charge in [-0.25, -0.2) is 4.98 Å². The van der Waals surface area contributed by atoms with E-state index in [0.717, 1.165) is 18.8 Å². The molecule has 1 saturated carbocycles. The lowest BCUT2D eigenvalue weighted by molar-refractivity contribution is 0.145. The van der Waals surface area contributed by atoms with Crippen molar-refractivity contribution in [1.82, 2.24) is 9.97 Å². The summed E-state index contributed by atoms with van der Waals surface area (Å²) in [6.45, 7) is 5.16. The van der Waals surface area contributed by atoms with E-state index in [0.29, 0.717) is 11.2 Å². The molecule has 0 spiro atoms. The van der Waals surface area contributed by atoms with Crippen LogP contribution in [0.1, 0.15) is 45.4 Å². The maximum atomic E-state index is 11.4. The number of nitrogens with one attached hydrogen (secondary N) is 2. The van der Waals surface area contributed by atoms with E-state index in [1.165, 1.54) is 25.7 Å². The van der Waals surface area contributed by atoms with Gasteiger partial charge in [0.15, 0.2) is 0 Å². The summed E-state index contributed by atoms with van der Waals surface area (Å²) in [5, 5.41) is 3.32. The predicted molar refractivity (Wildman–Crippen MR) is 69.3 cm³/mol. The van der Waals surface area contributed by atoms with Crippen molar-refractivity contribution in [3.8, 4) is 0 Å². The molecule has 4 heteroatoms. The number of aromatic amines is 1. The van der Waals surface area contributed by atoms with Crippen molar-refractivity contribution in [3.05, 3.63) is 22.2 Å². The van der Waals surface area contributed by atoms with Gasteiger partial charge >= 0.3 is 0 Å². The second kappa shape index (κ2) is 4.90. The van der Waals surface area contributed by atoms with Crippen LogP contribution in [-0.4, -0.2) is 16.5 Å². The fraction of sp³-hybridized carbons (Fsp3) is 0.692. The van der Waals surface area contributed by atoms with Crippen LogP contribution in [0.25, 0.3) is 0 Å². The Balaban J connectivity index is 2.03. The molecule has 0 bridgehead atoms. The number of hydrogen-bond donors (Lipinski definition) is 2. The maximum absolute atomic E-state index is 11.4. The van der Waals surface area contributed by atoms with E-state index in [4.69, 9.17) is 0 Å². The zero-order valence-corrected chi connectivity index (χ0v) is 10.7. The lowest BCUT2D eigenvalue weighted by atomic mass is 9.67. The summed E-state index contributed by atoms with van der Waals surface area (Å²) in [6, 6.07) is 1.54. The minimum Gasteiger partial charge on any atom is -0.369 e. The molecule has 1 heterocycles. The number of H-pyrrole nitrogens is 1. The van der Waals surface area contributed by atoms with E-state index >= 15 is 0 Å². The summed E-state index contributed by atoms with van der Waals surface area (Å²) in [5.74, 6) is 1.46. The monoisotopic (exact) mass is 235 g/mol. The SMILES string of the molecule is CCc1nc(NCC2(CC)CCC2)cc(=O)[nH]1. The van der Waals surface area contributed by atoms with Gasteiger partial charge in [-0.05, 0) is 24.7 Å². The van der Waals surface area contributed by atoms with Gasteiger partial charge in [0, 0.05) is 19.0 Å². The Morgan fingerprint density at radius 2 is 2.24 bits per heavy atom. The van der Waals surface area contributed by atoms with Gasteiger partial charge in [0.1, 0.15) is 11.6 Å². The molecular formula is C13H21N3O. The zero-order chi connectivity index (χ0) is 12.3. The zero-order valence-electron chi connectivity index (χ0n) is 10.7. The van der Waals surface area contributed by atoms with E-state index < -0.39 is 0 Å². The molecule has 1 aliphatic rings. The van der Waals surface area contributed by atoms with Crippen molar-refractivity contribution >= 4 is 5.82 Å². The van der Waals surface area contributed by atoms with E-state index in [1.807, 2.05) is 6.92 Å². The minimum absolute atomic E-state index is 0.0708. The van der Waals surface area contributed by atoms with Crippen LogP contribution < -0.4 is 10.9 Å². The normalized spacial score (nSPS) is 17.5. The number of rotatable bonds is 5. The van der Waals surface area contributed by atoms with Crippen molar-refractivity contribution < 1.29 is 0 Å². The molecule has 0 saturated heterocycles. The van der Waals surface area contributed by atoms with Gasteiger partial charge in [-0.2, -0.15) is 0 Å². The highest BCUT2D eigenvalue weighted by atomic mass is 16.1. The van der Waals surface area contributed by atoms with E-state index in [1.54, 1.807) is 6.07 Å². The molecule has 0 aromatic carbocycles. The molecule has 4 nitrogen and oxygen atoms in total. The first kappa shape index (κ1) is 12.1. The van der Waals surface area contributed by atoms with E-state index in [-0.39, 0.29) is 5.56 Å². The van der Waals surface area contributed by atoms with Crippen LogP contribution in [0.5, 0.6) is 0 Å². The maximum Gasteiger partial charge on any atom is 0.252 e. The van der Waals surface area contributed by atoms with Crippen molar-refractivity contribution in [3.63, 3.8) is 0 Å². The molecule has 17 heavy (non-hydrogen) atoms. The molecule has 2 rings (SSSR count). The molecule has 1 aliphatic carbocycles. The van der Waals surface area contributed by atoms with Gasteiger partial charge in [-0.3, -0.25) is 4.79 Å². The smallest absolute Gasteiger partial charge is 0.252 e. The van der Waals surface area contributed by atoms with Gasteiger partial charge in [-0.15, -0.1) is 0 Å². The van der Waals surface area contributed by atoms with Crippen LogP contribution in [0.4, 0.5) is 5.82 Å². The Hall–Kier alpha value is -1.32. The number of aromatic nitrogens is 2. The van der Waals surface area contributed by atoms with Crippen molar-refractivity contribution in [2.45, 2.75) is 46.0 Å². The summed E-state index contributed by atoms with van der Waals surface area (Å²) in [7, 11) is 0. The average molecular weight is 235 g/mol. The van der Waals surface area contributed by atoms with Crippen LogP contribution in [0.15, 0.2) is 10.9 Å².